The average molecular weight is 290 g/mol. The van der Waals surface area contributed by atoms with Crippen LogP contribution < -0.4 is 5.32 Å². The third kappa shape index (κ3) is 4.31. The zero-order chi connectivity index (χ0) is 15.2. The Morgan fingerprint density at radius 3 is 2.67 bits per heavy atom. The Morgan fingerprint density at radius 1 is 1.38 bits per heavy atom. The standard InChI is InChI=1S/C15H22N4O2/c1-4-5-16-10-15(20)19-8-6-18(7-9-19)11-14-17-12(2)13(3)21-14/h1,16H,5-11H2,2-3H3. The number of aryl methyl sites for hydroxylation is 2. The number of hydrogen-bond donors (Lipinski definition) is 1. The number of carbonyl (C=O) groups excluding carboxylic acids is 1. The second-order valence-electron chi connectivity index (χ2n) is 5.21. The first-order valence-electron chi connectivity index (χ1n) is 7.17. The summed E-state index contributed by atoms with van der Waals surface area (Å²) in [5, 5.41) is 2.93. The van der Waals surface area contributed by atoms with E-state index in [0.29, 0.717) is 19.6 Å². The maximum absolute atomic E-state index is 11.9. The van der Waals surface area contributed by atoms with Crippen LogP contribution in [-0.4, -0.2) is 60.0 Å². The smallest absolute Gasteiger partial charge is 0.236 e. The van der Waals surface area contributed by atoms with Gasteiger partial charge in [0, 0.05) is 26.2 Å². The highest BCUT2D eigenvalue weighted by Gasteiger charge is 2.21. The summed E-state index contributed by atoms with van der Waals surface area (Å²) in [5.74, 6) is 4.19. The molecule has 2 heterocycles. The van der Waals surface area contributed by atoms with Crippen molar-refractivity contribution in [1.82, 2.24) is 20.1 Å². The van der Waals surface area contributed by atoms with Gasteiger partial charge in [-0.3, -0.25) is 15.0 Å². The van der Waals surface area contributed by atoms with E-state index in [1.807, 2.05) is 18.7 Å². The van der Waals surface area contributed by atoms with Crippen molar-refractivity contribution >= 4 is 5.91 Å². The number of nitrogens with one attached hydrogen (secondary N) is 1. The molecule has 0 radical (unpaired) electrons. The summed E-state index contributed by atoms with van der Waals surface area (Å²) < 4.78 is 5.59. The molecule has 6 nitrogen and oxygen atoms in total. The zero-order valence-electron chi connectivity index (χ0n) is 12.7. The van der Waals surface area contributed by atoms with E-state index >= 15 is 0 Å². The summed E-state index contributed by atoms with van der Waals surface area (Å²) in [6, 6.07) is 0. The van der Waals surface area contributed by atoms with Crippen molar-refractivity contribution < 1.29 is 9.21 Å². The van der Waals surface area contributed by atoms with Crippen LogP contribution in [0.1, 0.15) is 17.3 Å². The summed E-state index contributed by atoms with van der Waals surface area (Å²) in [6.45, 7) is 8.43. The van der Waals surface area contributed by atoms with E-state index in [9.17, 15) is 4.79 Å². The van der Waals surface area contributed by atoms with Gasteiger partial charge in [0.2, 0.25) is 11.8 Å². The minimum atomic E-state index is 0.104. The number of carbonyl (C=O) groups is 1. The largest absolute Gasteiger partial charge is 0.444 e. The monoisotopic (exact) mass is 290 g/mol. The highest BCUT2D eigenvalue weighted by molar-refractivity contribution is 5.78. The van der Waals surface area contributed by atoms with Crippen LogP contribution in [0.25, 0.3) is 0 Å². The highest BCUT2D eigenvalue weighted by atomic mass is 16.4. The highest BCUT2D eigenvalue weighted by Crippen LogP contribution is 2.12. The van der Waals surface area contributed by atoms with Crippen LogP contribution in [-0.2, 0) is 11.3 Å². The van der Waals surface area contributed by atoms with E-state index in [-0.39, 0.29) is 5.91 Å². The summed E-state index contributed by atoms with van der Waals surface area (Å²) >= 11 is 0. The summed E-state index contributed by atoms with van der Waals surface area (Å²) in [6.07, 6.45) is 5.14. The Hall–Kier alpha value is -1.84. The van der Waals surface area contributed by atoms with Gasteiger partial charge in [-0.05, 0) is 13.8 Å². The van der Waals surface area contributed by atoms with Gasteiger partial charge >= 0.3 is 0 Å². The number of hydrogen-bond acceptors (Lipinski definition) is 5. The van der Waals surface area contributed by atoms with E-state index < -0.39 is 0 Å². The van der Waals surface area contributed by atoms with Gasteiger partial charge in [-0.1, -0.05) is 5.92 Å². The van der Waals surface area contributed by atoms with Gasteiger partial charge in [-0.2, -0.15) is 0 Å². The Balaban J connectivity index is 1.75. The minimum absolute atomic E-state index is 0.104. The molecule has 0 unspecified atom stereocenters. The molecule has 0 aromatic carbocycles. The van der Waals surface area contributed by atoms with Gasteiger partial charge in [0.1, 0.15) is 5.76 Å². The molecule has 1 fully saturated rings. The lowest BCUT2D eigenvalue weighted by Gasteiger charge is -2.34. The van der Waals surface area contributed by atoms with Crippen molar-refractivity contribution in [2.24, 2.45) is 0 Å². The summed E-state index contributed by atoms with van der Waals surface area (Å²) in [7, 11) is 0. The predicted octanol–water partition coefficient (Wildman–Crippen LogP) is 0.158. The fraction of sp³-hybridized carbons (Fsp3) is 0.600. The average Bonchev–Trinajstić information content (AvgIpc) is 2.78. The van der Waals surface area contributed by atoms with E-state index in [1.165, 1.54) is 0 Å². The number of terminal acetylenes is 1. The van der Waals surface area contributed by atoms with Crippen LogP contribution in [0.3, 0.4) is 0 Å². The lowest BCUT2D eigenvalue weighted by molar-refractivity contribution is -0.132. The predicted molar refractivity (Wildman–Crippen MR) is 79.5 cm³/mol. The molecule has 1 aliphatic rings. The van der Waals surface area contributed by atoms with Gasteiger partial charge in [0.05, 0.1) is 25.3 Å². The quantitative estimate of drug-likeness (QED) is 0.618. The van der Waals surface area contributed by atoms with E-state index in [2.05, 4.69) is 21.1 Å². The molecule has 2 rings (SSSR count). The van der Waals surface area contributed by atoms with Crippen molar-refractivity contribution in [2.45, 2.75) is 20.4 Å². The molecule has 0 aliphatic carbocycles. The van der Waals surface area contributed by atoms with Crippen molar-refractivity contribution in [3.8, 4) is 12.3 Å². The number of rotatable bonds is 5. The van der Waals surface area contributed by atoms with E-state index in [1.54, 1.807) is 0 Å². The zero-order valence-corrected chi connectivity index (χ0v) is 12.7. The van der Waals surface area contributed by atoms with Crippen molar-refractivity contribution in [1.29, 1.82) is 0 Å². The molecule has 0 spiro atoms. The van der Waals surface area contributed by atoms with Crippen LogP contribution in [0, 0.1) is 26.2 Å². The van der Waals surface area contributed by atoms with Gasteiger partial charge in [-0.15, -0.1) is 6.42 Å². The van der Waals surface area contributed by atoms with E-state index in [4.69, 9.17) is 10.8 Å². The molecule has 0 bridgehead atoms. The van der Waals surface area contributed by atoms with Crippen molar-refractivity contribution in [3.63, 3.8) is 0 Å². The maximum atomic E-state index is 11.9. The molecule has 1 aromatic heterocycles. The molecule has 21 heavy (non-hydrogen) atoms. The first-order valence-corrected chi connectivity index (χ1v) is 7.17. The Bertz CT molecular complexity index is 505. The van der Waals surface area contributed by atoms with Gasteiger partial charge < -0.3 is 9.32 Å². The van der Waals surface area contributed by atoms with E-state index in [0.717, 1.165) is 43.5 Å². The normalized spacial score (nSPS) is 16.0. The number of oxazole rings is 1. The van der Waals surface area contributed by atoms with Crippen LogP contribution in [0.5, 0.6) is 0 Å². The van der Waals surface area contributed by atoms with Crippen LogP contribution >= 0.6 is 0 Å². The first-order chi connectivity index (χ1) is 10.1. The fourth-order valence-electron chi connectivity index (χ4n) is 2.31. The molecule has 0 atom stereocenters. The molecule has 1 amide bonds. The summed E-state index contributed by atoms with van der Waals surface area (Å²) in [4.78, 5) is 20.4. The molecular weight excluding hydrogens is 268 g/mol. The van der Waals surface area contributed by atoms with Crippen LogP contribution in [0.4, 0.5) is 0 Å². The number of aromatic nitrogens is 1. The second-order valence-corrected chi connectivity index (χ2v) is 5.21. The number of piperazine rings is 1. The molecule has 1 saturated heterocycles. The number of amides is 1. The fourth-order valence-corrected chi connectivity index (χ4v) is 2.31. The molecule has 1 aromatic rings. The third-order valence-corrected chi connectivity index (χ3v) is 3.66. The van der Waals surface area contributed by atoms with Gasteiger partial charge in [-0.25, -0.2) is 4.98 Å². The Morgan fingerprint density at radius 2 is 2.10 bits per heavy atom. The summed E-state index contributed by atoms with van der Waals surface area (Å²) in [5.41, 5.74) is 0.943. The third-order valence-electron chi connectivity index (χ3n) is 3.66. The number of nitrogens with zero attached hydrogens (tertiary/aromatic N) is 3. The molecule has 6 heteroatoms. The molecule has 114 valence electrons. The van der Waals surface area contributed by atoms with Crippen molar-refractivity contribution in [2.75, 3.05) is 39.3 Å². The Kier molecular flexibility index (Phi) is 5.37. The van der Waals surface area contributed by atoms with Crippen LogP contribution in [0.15, 0.2) is 4.42 Å². The lowest BCUT2D eigenvalue weighted by Crippen LogP contribution is -2.50. The van der Waals surface area contributed by atoms with Crippen molar-refractivity contribution in [3.05, 3.63) is 17.3 Å². The van der Waals surface area contributed by atoms with Gasteiger partial charge in [0.25, 0.3) is 0 Å². The molecule has 0 saturated carbocycles. The maximum Gasteiger partial charge on any atom is 0.236 e. The second kappa shape index (κ2) is 7.25. The Labute approximate surface area is 125 Å². The SMILES string of the molecule is C#CCNCC(=O)N1CCN(Cc2nc(C)c(C)o2)CC1. The van der Waals surface area contributed by atoms with Gasteiger partial charge in [0.15, 0.2) is 0 Å². The first kappa shape index (κ1) is 15.5. The lowest BCUT2D eigenvalue weighted by atomic mass is 10.3. The minimum Gasteiger partial charge on any atom is -0.444 e. The molecular formula is C15H22N4O2. The molecule has 1 aliphatic heterocycles. The van der Waals surface area contributed by atoms with Crippen LogP contribution in [0.2, 0.25) is 0 Å². The molecule has 1 N–H and O–H groups in total. The topological polar surface area (TPSA) is 61.6 Å².